The van der Waals surface area contributed by atoms with E-state index in [0.29, 0.717) is 5.92 Å². The molecule has 2 nitrogen and oxygen atoms in total. The number of hydrogen-bond acceptors (Lipinski definition) is 2. The summed E-state index contributed by atoms with van der Waals surface area (Å²) in [7, 11) is 0. The summed E-state index contributed by atoms with van der Waals surface area (Å²) in [6.07, 6.45) is 3.62. The molecule has 0 aliphatic carbocycles. The van der Waals surface area contributed by atoms with Crippen molar-refractivity contribution in [2.75, 3.05) is 13.2 Å². The Morgan fingerprint density at radius 2 is 2.00 bits per heavy atom. The van der Waals surface area contributed by atoms with Crippen molar-refractivity contribution in [2.45, 2.75) is 53.5 Å². The maximum Gasteiger partial charge on any atom is 0.126 e. The normalized spacial score (nSPS) is 12.4. The van der Waals surface area contributed by atoms with E-state index in [-0.39, 0.29) is 0 Å². The average molecular weight is 263 g/mol. The van der Waals surface area contributed by atoms with Gasteiger partial charge in [0.25, 0.3) is 0 Å². The van der Waals surface area contributed by atoms with Crippen LogP contribution in [-0.4, -0.2) is 13.2 Å². The Hall–Kier alpha value is -1.02. The van der Waals surface area contributed by atoms with Crippen LogP contribution in [0.15, 0.2) is 18.2 Å². The van der Waals surface area contributed by atoms with Crippen LogP contribution in [0.1, 0.15) is 51.2 Å². The maximum absolute atomic E-state index is 6.07. The van der Waals surface area contributed by atoms with Crippen molar-refractivity contribution in [2.24, 2.45) is 5.92 Å². The lowest BCUT2D eigenvalue weighted by Crippen LogP contribution is -2.16. The minimum Gasteiger partial charge on any atom is -0.493 e. The molecule has 2 heteroatoms. The summed E-state index contributed by atoms with van der Waals surface area (Å²) in [5.74, 6) is 1.70. The molecule has 0 aliphatic rings. The summed E-state index contributed by atoms with van der Waals surface area (Å²) in [4.78, 5) is 0. The quantitative estimate of drug-likeness (QED) is 0.670. The third-order valence-electron chi connectivity index (χ3n) is 3.33. The van der Waals surface area contributed by atoms with Crippen LogP contribution in [0.25, 0.3) is 0 Å². The second-order valence-corrected chi connectivity index (χ2v) is 5.44. The van der Waals surface area contributed by atoms with E-state index in [1.807, 2.05) is 0 Å². The molecule has 0 aromatic heterocycles. The van der Waals surface area contributed by atoms with Crippen molar-refractivity contribution >= 4 is 0 Å². The third kappa shape index (κ3) is 5.65. The Morgan fingerprint density at radius 1 is 1.21 bits per heavy atom. The van der Waals surface area contributed by atoms with Crippen molar-refractivity contribution in [3.8, 4) is 5.75 Å². The molecule has 0 amide bonds. The highest BCUT2D eigenvalue weighted by Gasteiger charge is 2.09. The van der Waals surface area contributed by atoms with Crippen molar-refractivity contribution in [1.82, 2.24) is 5.32 Å². The Labute approximate surface area is 118 Å². The van der Waals surface area contributed by atoms with E-state index in [1.165, 1.54) is 24.0 Å². The number of hydrogen-bond donors (Lipinski definition) is 1. The average Bonchev–Trinajstić information content (AvgIpc) is 2.38. The minimum atomic E-state index is 0.626. The van der Waals surface area contributed by atoms with E-state index in [1.54, 1.807) is 0 Å². The molecule has 108 valence electrons. The fourth-order valence-electron chi connectivity index (χ4n) is 2.26. The second-order valence-electron chi connectivity index (χ2n) is 5.44. The molecule has 0 saturated carbocycles. The van der Waals surface area contributed by atoms with Gasteiger partial charge in [0.05, 0.1) is 6.61 Å². The van der Waals surface area contributed by atoms with Crippen LogP contribution in [-0.2, 0) is 6.54 Å². The second kappa shape index (κ2) is 8.98. The highest BCUT2D eigenvalue weighted by molar-refractivity contribution is 5.40. The third-order valence-corrected chi connectivity index (χ3v) is 3.33. The number of rotatable bonds is 9. The largest absolute Gasteiger partial charge is 0.493 e. The molecule has 1 N–H and O–H groups in total. The Bertz CT molecular complexity index is 362. The zero-order chi connectivity index (χ0) is 14.1. The lowest BCUT2D eigenvalue weighted by molar-refractivity contribution is 0.247. The fourth-order valence-corrected chi connectivity index (χ4v) is 2.26. The predicted octanol–water partition coefficient (Wildman–Crippen LogP) is 4.31. The molecule has 0 heterocycles. The lowest BCUT2D eigenvalue weighted by Gasteiger charge is -2.17. The van der Waals surface area contributed by atoms with Gasteiger partial charge in [0, 0.05) is 12.1 Å². The minimum absolute atomic E-state index is 0.626. The monoisotopic (exact) mass is 263 g/mol. The van der Waals surface area contributed by atoms with Gasteiger partial charge in [-0.15, -0.1) is 0 Å². The van der Waals surface area contributed by atoms with Crippen LogP contribution in [0.2, 0.25) is 0 Å². The SMILES string of the molecule is CCCNCc1cccc(C)c1OCC(C)CCC. The van der Waals surface area contributed by atoms with E-state index < -0.39 is 0 Å². The number of nitrogens with one attached hydrogen (secondary N) is 1. The maximum atomic E-state index is 6.07. The fraction of sp³-hybridized carbons (Fsp3) is 0.647. The lowest BCUT2D eigenvalue weighted by atomic mass is 10.1. The summed E-state index contributed by atoms with van der Waals surface area (Å²) in [6.45, 7) is 11.6. The van der Waals surface area contributed by atoms with Gasteiger partial charge in [0.15, 0.2) is 0 Å². The van der Waals surface area contributed by atoms with Gasteiger partial charge in [0.1, 0.15) is 5.75 Å². The summed E-state index contributed by atoms with van der Waals surface area (Å²) < 4.78 is 6.07. The van der Waals surface area contributed by atoms with Gasteiger partial charge in [-0.05, 0) is 37.8 Å². The first-order chi connectivity index (χ1) is 9.19. The topological polar surface area (TPSA) is 21.3 Å². The standard InChI is InChI=1S/C17H29NO/c1-5-8-14(3)13-19-17-15(4)9-7-10-16(17)12-18-11-6-2/h7,9-10,14,18H,5-6,8,11-13H2,1-4H3. The van der Waals surface area contributed by atoms with Gasteiger partial charge in [-0.25, -0.2) is 0 Å². The van der Waals surface area contributed by atoms with Gasteiger partial charge >= 0.3 is 0 Å². The number of para-hydroxylation sites is 1. The smallest absolute Gasteiger partial charge is 0.126 e. The molecule has 0 spiro atoms. The highest BCUT2D eigenvalue weighted by atomic mass is 16.5. The van der Waals surface area contributed by atoms with Gasteiger partial charge in [0.2, 0.25) is 0 Å². The van der Waals surface area contributed by atoms with Crippen LogP contribution in [0.4, 0.5) is 0 Å². The van der Waals surface area contributed by atoms with E-state index in [2.05, 4.69) is 51.2 Å². The van der Waals surface area contributed by atoms with Crippen LogP contribution in [0, 0.1) is 12.8 Å². The Kier molecular flexibility index (Phi) is 7.57. The molecule has 0 bridgehead atoms. The van der Waals surface area contributed by atoms with Crippen molar-refractivity contribution in [3.63, 3.8) is 0 Å². The molecule has 0 saturated heterocycles. The van der Waals surface area contributed by atoms with Crippen LogP contribution in [0.3, 0.4) is 0 Å². The Balaban J connectivity index is 2.63. The van der Waals surface area contributed by atoms with E-state index in [0.717, 1.165) is 31.9 Å². The van der Waals surface area contributed by atoms with Crippen molar-refractivity contribution in [1.29, 1.82) is 0 Å². The summed E-state index contributed by atoms with van der Waals surface area (Å²) in [5.41, 5.74) is 2.51. The van der Waals surface area contributed by atoms with Crippen LogP contribution in [0.5, 0.6) is 5.75 Å². The van der Waals surface area contributed by atoms with Gasteiger partial charge in [-0.3, -0.25) is 0 Å². The molecule has 1 aromatic carbocycles. The van der Waals surface area contributed by atoms with E-state index in [4.69, 9.17) is 4.74 Å². The zero-order valence-electron chi connectivity index (χ0n) is 13.0. The molecule has 1 rings (SSSR count). The van der Waals surface area contributed by atoms with E-state index >= 15 is 0 Å². The molecule has 1 atom stereocenters. The Morgan fingerprint density at radius 3 is 2.68 bits per heavy atom. The molecule has 19 heavy (non-hydrogen) atoms. The summed E-state index contributed by atoms with van der Waals surface area (Å²) >= 11 is 0. The van der Waals surface area contributed by atoms with Gasteiger partial charge in [-0.2, -0.15) is 0 Å². The number of ether oxygens (including phenoxy) is 1. The van der Waals surface area contributed by atoms with Gasteiger partial charge in [-0.1, -0.05) is 45.4 Å². The molecular weight excluding hydrogens is 234 g/mol. The molecule has 1 unspecified atom stereocenters. The number of aryl methyl sites for hydroxylation is 1. The number of benzene rings is 1. The summed E-state index contributed by atoms with van der Waals surface area (Å²) in [5, 5.41) is 3.45. The predicted molar refractivity (Wildman–Crippen MR) is 82.7 cm³/mol. The van der Waals surface area contributed by atoms with Crippen LogP contribution < -0.4 is 10.1 Å². The van der Waals surface area contributed by atoms with Crippen molar-refractivity contribution < 1.29 is 4.74 Å². The first-order valence-corrected chi connectivity index (χ1v) is 7.61. The van der Waals surface area contributed by atoms with Gasteiger partial charge < -0.3 is 10.1 Å². The molecule has 0 fully saturated rings. The molecular formula is C17H29NO. The first-order valence-electron chi connectivity index (χ1n) is 7.61. The van der Waals surface area contributed by atoms with Crippen molar-refractivity contribution in [3.05, 3.63) is 29.3 Å². The molecule has 0 aliphatic heterocycles. The van der Waals surface area contributed by atoms with E-state index in [9.17, 15) is 0 Å². The summed E-state index contributed by atoms with van der Waals surface area (Å²) in [6, 6.07) is 6.40. The zero-order valence-corrected chi connectivity index (χ0v) is 13.0. The highest BCUT2D eigenvalue weighted by Crippen LogP contribution is 2.24. The van der Waals surface area contributed by atoms with Crippen LogP contribution >= 0.6 is 0 Å². The molecule has 1 aromatic rings. The first kappa shape index (κ1) is 16.0. The molecule has 0 radical (unpaired) electrons.